The summed E-state index contributed by atoms with van der Waals surface area (Å²) in [5, 5.41) is 1.51. The number of hydrazine groups is 1. The van der Waals surface area contributed by atoms with Gasteiger partial charge in [0.1, 0.15) is 6.04 Å². The fourth-order valence-electron chi connectivity index (χ4n) is 1.47. The highest BCUT2D eigenvalue weighted by Crippen LogP contribution is 2.09. The number of hydrogen-bond acceptors (Lipinski definition) is 4. The summed E-state index contributed by atoms with van der Waals surface area (Å²) in [6.45, 7) is 2.46. The van der Waals surface area contributed by atoms with Gasteiger partial charge in [0, 0.05) is 13.0 Å². The van der Waals surface area contributed by atoms with E-state index >= 15 is 0 Å². The molecular formula is C9H16N2O3. The molecule has 0 radical (unpaired) electrons. The van der Waals surface area contributed by atoms with E-state index in [1.54, 1.807) is 6.92 Å². The van der Waals surface area contributed by atoms with Crippen molar-refractivity contribution in [2.45, 2.75) is 32.2 Å². The minimum atomic E-state index is -0.371. The number of nitrogens with one attached hydrogen (secondary N) is 1. The van der Waals surface area contributed by atoms with E-state index in [0.717, 1.165) is 12.8 Å². The van der Waals surface area contributed by atoms with Gasteiger partial charge in [-0.25, -0.2) is 5.43 Å². The molecule has 0 spiro atoms. The molecule has 1 atom stereocenters. The Balaban J connectivity index is 2.51. The number of nitrogens with zero attached hydrogens (tertiary/aromatic N) is 1. The molecule has 1 amide bonds. The zero-order chi connectivity index (χ0) is 10.6. The van der Waals surface area contributed by atoms with Crippen LogP contribution in [0.2, 0.25) is 0 Å². The zero-order valence-electron chi connectivity index (χ0n) is 8.58. The highest BCUT2D eigenvalue weighted by molar-refractivity contribution is 5.78. The van der Waals surface area contributed by atoms with E-state index in [4.69, 9.17) is 0 Å². The van der Waals surface area contributed by atoms with E-state index < -0.39 is 0 Å². The lowest BCUT2D eigenvalue weighted by molar-refractivity contribution is -0.149. The van der Waals surface area contributed by atoms with Gasteiger partial charge < -0.3 is 4.74 Å². The summed E-state index contributed by atoms with van der Waals surface area (Å²) in [5.74, 6) is -0.294. The van der Waals surface area contributed by atoms with E-state index in [2.05, 4.69) is 10.2 Å². The molecular weight excluding hydrogens is 184 g/mol. The monoisotopic (exact) mass is 200 g/mol. The van der Waals surface area contributed by atoms with Crippen molar-refractivity contribution in [3.63, 3.8) is 0 Å². The Hall–Kier alpha value is -1.10. The minimum absolute atomic E-state index is 0.0126. The number of hydrogen-bond donors (Lipinski definition) is 1. The summed E-state index contributed by atoms with van der Waals surface area (Å²) in [5.41, 5.74) is 2.86. The molecule has 0 bridgehead atoms. The van der Waals surface area contributed by atoms with E-state index in [-0.39, 0.29) is 17.9 Å². The number of ether oxygens (including phenoxy) is 1. The van der Waals surface area contributed by atoms with E-state index in [1.165, 1.54) is 12.1 Å². The maximum Gasteiger partial charge on any atom is 0.324 e. The van der Waals surface area contributed by atoms with Crippen molar-refractivity contribution in [2.24, 2.45) is 0 Å². The number of rotatable bonds is 2. The van der Waals surface area contributed by atoms with Gasteiger partial charge in [-0.1, -0.05) is 6.92 Å². The molecule has 1 aliphatic rings. The topological polar surface area (TPSA) is 58.6 Å². The Labute approximate surface area is 83.4 Å². The third-order valence-corrected chi connectivity index (χ3v) is 2.28. The smallest absolute Gasteiger partial charge is 0.324 e. The maximum absolute atomic E-state index is 11.3. The number of esters is 1. The Morgan fingerprint density at radius 1 is 1.57 bits per heavy atom. The molecule has 0 aliphatic carbocycles. The van der Waals surface area contributed by atoms with Gasteiger partial charge >= 0.3 is 5.97 Å². The zero-order valence-corrected chi connectivity index (χ0v) is 8.58. The third-order valence-electron chi connectivity index (χ3n) is 2.28. The van der Waals surface area contributed by atoms with E-state index in [1.807, 2.05) is 0 Å². The van der Waals surface area contributed by atoms with Gasteiger partial charge in [-0.15, -0.1) is 0 Å². The van der Waals surface area contributed by atoms with Crippen molar-refractivity contribution in [1.29, 1.82) is 0 Å². The Morgan fingerprint density at radius 3 is 2.86 bits per heavy atom. The molecule has 80 valence electrons. The second-order valence-electron chi connectivity index (χ2n) is 3.25. The molecule has 1 fully saturated rings. The van der Waals surface area contributed by atoms with Crippen LogP contribution in [-0.2, 0) is 14.3 Å². The summed E-state index contributed by atoms with van der Waals surface area (Å²) < 4.78 is 4.61. The summed E-state index contributed by atoms with van der Waals surface area (Å²) in [4.78, 5) is 22.5. The van der Waals surface area contributed by atoms with Gasteiger partial charge in [-0.2, -0.15) is 0 Å². The van der Waals surface area contributed by atoms with Crippen LogP contribution in [0, 0.1) is 0 Å². The summed E-state index contributed by atoms with van der Waals surface area (Å²) in [7, 11) is 1.35. The highest BCUT2D eigenvalue weighted by atomic mass is 16.5. The average molecular weight is 200 g/mol. The van der Waals surface area contributed by atoms with Crippen LogP contribution in [0.5, 0.6) is 0 Å². The molecule has 1 N–H and O–H groups in total. The van der Waals surface area contributed by atoms with Crippen molar-refractivity contribution >= 4 is 11.9 Å². The minimum Gasteiger partial charge on any atom is -0.468 e. The van der Waals surface area contributed by atoms with Crippen LogP contribution in [0.3, 0.4) is 0 Å². The van der Waals surface area contributed by atoms with Crippen LogP contribution in [-0.4, -0.2) is 36.6 Å². The van der Waals surface area contributed by atoms with Crippen molar-refractivity contribution in [1.82, 2.24) is 10.4 Å². The third kappa shape index (κ3) is 2.45. The lowest BCUT2D eigenvalue weighted by Gasteiger charge is -2.32. The highest BCUT2D eigenvalue weighted by Gasteiger charge is 2.27. The maximum atomic E-state index is 11.3. The van der Waals surface area contributed by atoms with E-state index in [0.29, 0.717) is 13.0 Å². The first kappa shape index (κ1) is 11.0. The lowest BCUT2D eigenvalue weighted by Crippen LogP contribution is -2.55. The first-order valence-corrected chi connectivity index (χ1v) is 4.83. The van der Waals surface area contributed by atoms with Gasteiger partial charge in [-0.3, -0.25) is 14.6 Å². The quantitative estimate of drug-likeness (QED) is 0.641. The summed E-state index contributed by atoms with van der Waals surface area (Å²) in [6.07, 6.45) is 2.00. The van der Waals surface area contributed by atoms with Crippen LogP contribution in [0.25, 0.3) is 0 Å². The van der Waals surface area contributed by atoms with Crippen LogP contribution < -0.4 is 5.43 Å². The first-order valence-electron chi connectivity index (χ1n) is 4.83. The van der Waals surface area contributed by atoms with Gasteiger partial charge in [0.15, 0.2) is 0 Å². The molecule has 0 aromatic heterocycles. The fraction of sp³-hybridized carbons (Fsp3) is 0.778. The number of carbonyl (C=O) groups excluding carboxylic acids is 2. The van der Waals surface area contributed by atoms with Crippen LogP contribution in [0.15, 0.2) is 0 Å². The van der Waals surface area contributed by atoms with E-state index in [9.17, 15) is 9.59 Å². The Morgan fingerprint density at radius 2 is 2.29 bits per heavy atom. The molecule has 0 saturated carbocycles. The molecule has 1 unspecified atom stereocenters. The number of amides is 1. The molecule has 0 aromatic rings. The van der Waals surface area contributed by atoms with Gasteiger partial charge in [0.05, 0.1) is 7.11 Å². The molecule has 1 rings (SSSR count). The predicted octanol–water partition coefficient (Wildman–Crippen LogP) is 0.0650. The second kappa shape index (κ2) is 4.95. The normalized spacial score (nSPS) is 21.9. The van der Waals surface area contributed by atoms with Crippen molar-refractivity contribution in [3.05, 3.63) is 0 Å². The molecule has 14 heavy (non-hydrogen) atoms. The average Bonchev–Trinajstić information content (AvgIpc) is 2.27. The number of methoxy groups -OCH3 is 1. The first-order chi connectivity index (χ1) is 6.69. The van der Waals surface area contributed by atoms with Crippen LogP contribution >= 0.6 is 0 Å². The number of carbonyl (C=O) groups is 2. The molecule has 5 nitrogen and oxygen atoms in total. The van der Waals surface area contributed by atoms with Crippen LogP contribution in [0.1, 0.15) is 26.2 Å². The van der Waals surface area contributed by atoms with Crippen molar-refractivity contribution < 1.29 is 14.3 Å². The van der Waals surface area contributed by atoms with Gasteiger partial charge in [-0.05, 0) is 12.8 Å². The Kier molecular flexibility index (Phi) is 3.88. The van der Waals surface area contributed by atoms with Gasteiger partial charge in [0.2, 0.25) is 5.91 Å². The summed E-state index contributed by atoms with van der Waals surface area (Å²) in [6, 6.07) is -0.371. The summed E-state index contributed by atoms with van der Waals surface area (Å²) >= 11 is 0. The lowest BCUT2D eigenvalue weighted by atomic mass is 10.1. The molecule has 5 heteroatoms. The Bertz CT molecular complexity index is 208. The standard InChI is InChI=1S/C9H16N2O3/c1-3-8(12)11-6-4-5-7(10-11)9(13)14-2/h7,10H,3-6H2,1-2H3. The largest absolute Gasteiger partial charge is 0.468 e. The second-order valence-corrected chi connectivity index (χ2v) is 3.25. The molecule has 1 aliphatic heterocycles. The van der Waals surface area contributed by atoms with Crippen molar-refractivity contribution in [3.8, 4) is 0 Å². The fourth-order valence-corrected chi connectivity index (χ4v) is 1.47. The van der Waals surface area contributed by atoms with Gasteiger partial charge in [0.25, 0.3) is 0 Å². The molecule has 1 heterocycles. The van der Waals surface area contributed by atoms with Crippen molar-refractivity contribution in [2.75, 3.05) is 13.7 Å². The van der Waals surface area contributed by atoms with Crippen LogP contribution in [0.4, 0.5) is 0 Å². The predicted molar refractivity (Wildman–Crippen MR) is 50.2 cm³/mol. The SMILES string of the molecule is CCC(=O)N1CCCC(C(=O)OC)N1. The molecule has 1 saturated heterocycles. The molecule has 0 aromatic carbocycles.